The summed E-state index contributed by atoms with van der Waals surface area (Å²) in [6.07, 6.45) is 91.1. The Bertz CT molecular complexity index is 1590. The van der Waals surface area contributed by atoms with Crippen molar-refractivity contribution in [1.29, 1.82) is 0 Å². The Morgan fingerprint density at radius 3 is 0.835 bits per heavy atom. The van der Waals surface area contributed by atoms with Crippen molar-refractivity contribution in [3.05, 3.63) is 109 Å². The highest BCUT2D eigenvalue weighted by Crippen LogP contribution is 2.16. The second-order valence-electron chi connectivity index (χ2n) is 22.0. The van der Waals surface area contributed by atoms with Gasteiger partial charge in [-0.1, -0.05) is 284 Å². The monoisotopic (exact) mass is 1100 g/mol. The summed E-state index contributed by atoms with van der Waals surface area (Å²) in [4.78, 5) is 38.3. The number of hydrogen-bond donors (Lipinski definition) is 0. The van der Waals surface area contributed by atoms with E-state index in [1.54, 1.807) is 0 Å². The maximum absolute atomic E-state index is 12.9. The molecule has 0 aliphatic heterocycles. The van der Waals surface area contributed by atoms with Crippen molar-refractivity contribution in [1.82, 2.24) is 0 Å². The number of allylic oxidation sites excluding steroid dienone is 18. The van der Waals surface area contributed by atoms with Crippen molar-refractivity contribution in [2.75, 3.05) is 13.2 Å². The SMILES string of the molecule is CC/C=C\C/C=C\C/C=C\C/C=C\C/C=C\C/C=C\CCCCCCCCCCCCCCCCC(=O)OCC(COC(=O)CCCCCCC/C=C\C/C=C\CCC)OC(=O)CCCCCCC/C=C\CCCCCCCC. The van der Waals surface area contributed by atoms with Crippen LogP contribution >= 0.6 is 0 Å². The van der Waals surface area contributed by atoms with Crippen molar-refractivity contribution in [3.8, 4) is 0 Å². The molecule has 0 aromatic carbocycles. The standard InChI is InChI=1S/C73H124O6/c1-4-7-10-13-16-19-22-25-27-28-29-30-31-32-33-34-35-36-37-38-39-40-41-42-43-44-46-48-51-54-57-60-63-66-72(75)78-69-70(68-77-71(74)65-62-59-56-53-50-47-24-21-18-15-12-9-6-3)79-73(76)67-64-61-58-55-52-49-45-26-23-20-17-14-11-8-5-2/h7,10,12,15-16,19,21,24-27,29-30,32-33,35-36,45,70H,4-6,8-9,11,13-14,17-18,20,22-23,28,31,34,37-44,46-69H2,1-3H3/b10-7-,15-12-,19-16-,24-21-,27-25-,30-29-,33-32-,36-35-,45-26-. The summed E-state index contributed by atoms with van der Waals surface area (Å²) in [7, 11) is 0. The topological polar surface area (TPSA) is 78.9 Å². The number of unbranched alkanes of at least 4 members (excludes halogenated alkanes) is 31. The van der Waals surface area contributed by atoms with Gasteiger partial charge in [0, 0.05) is 19.3 Å². The average molecular weight is 1100 g/mol. The first-order valence-corrected chi connectivity index (χ1v) is 33.4. The number of ether oxygens (including phenoxy) is 3. The molecule has 0 aliphatic carbocycles. The Kier molecular flexibility index (Phi) is 63.3. The van der Waals surface area contributed by atoms with Crippen LogP contribution in [0, 0.1) is 0 Å². The number of hydrogen-bond acceptors (Lipinski definition) is 6. The van der Waals surface area contributed by atoms with Gasteiger partial charge < -0.3 is 14.2 Å². The summed E-state index contributed by atoms with van der Waals surface area (Å²) in [6, 6.07) is 0. The molecule has 0 fully saturated rings. The van der Waals surface area contributed by atoms with Gasteiger partial charge in [-0.25, -0.2) is 0 Å². The van der Waals surface area contributed by atoms with Crippen molar-refractivity contribution in [2.24, 2.45) is 0 Å². The van der Waals surface area contributed by atoms with E-state index in [0.717, 1.165) is 141 Å². The van der Waals surface area contributed by atoms with Gasteiger partial charge in [0.05, 0.1) is 0 Å². The van der Waals surface area contributed by atoms with E-state index in [2.05, 4.69) is 130 Å². The molecule has 0 spiro atoms. The Morgan fingerprint density at radius 2 is 0.519 bits per heavy atom. The molecule has 79 heavy (non-hydrogen) atoms. The van der Waals surface area contributed by atoms with Crippen LogP contribution in [0.25, 0.3) is 0 Å². The fourth-order valence-corrected chi connectivity index (χ4v) is 9.24. The molecule has 0 heterocycles. The van der Waals surface area contributed by atoms with E-state index in [1.165, 1.54) is 135 Å². The van der Waals surface area contributed by atoms with Gasteiger partial charge in [-0.15, -0.1) is 0 Å². The van der Waals surface area contributed by atoms with Crippen LogP contribution < -0.4 is 0 Å². The first kappa shape index (κ1) is 75.1. The molecule has 6 nitrogen and oxygen atoms in total. The van der Waals surface area contributed by atoms with Crippen molar-refractivity contribution < 1.29 is 28.6 Å². The summed E-state index contributed by atoms with van der Waals surface area (Å²) in [5.74, 6) is -0.899. The molecule has 0 bridgehead atoms. The first-order chi connectivity index (χ1) is 39.0. The molecule has 1 unspecified atom stereocenters. The lowest BCUT2D eigenvalue weighted by atomic mass is 10.0. The molecule has 0 amide bonds. The minimum atomic E-state index is -0.789. The lowest BCUT2D eigenvalue weighted by molar-refractivity contribution is -0.167. The number of carbonyl (C=O) groups is 3. The maximum Gasteiger partial charge on any atom is 0.306 e. The van der Waals surface area contributed by atoms with Gasteiger partial charge in [0.25, 0.3) is 0 Å². The zero-order valence-electron chi connectivity index (χ0n) is 51.9. The van der Waals surface area contributed by atoms with Gasteiger partial charge in [-0.3, -0.25) is 14.4 Å². The molecule has 0 saturated heterocycles. The molecule has 0 saturated carbocycles. The molecule has 452 valence electrons. The highest BCUT2D eigenvalue weighted by molar-refractivity contribution is 5.71. The van der Waals surface area contributed by atoms with Crippen LogP contribution in [0.3, 0.4) is 0 Å². The van der Waals surface area contributed by atoms with Crippen LogP contribution in [0.4, 0.5) is 0 Å². The summed E-state index contributed by atoms with van der Waals surface area (Å²) >= 11 is 0. The zero-order chi connectivity index (χ0) is 57.1. The largest absolute Gasteiger partial charge is 0.462 e. The summed E-state index contributed by atoms with van der Waals surface area (Å²) in [5, 5.41) is 0. The molecule has 0 aromatic heterocycles. The second-order valence-corrected chi connectivity index (χ2v) is 22.0. The van der Waals surface area contributed by atoms with Crippen LogP contribution in [0.2, 0.25) is 0 Å². The van der Waals surface area contributed by atoms with Crippen molar-refractivity contribution in [3.63, 3.8) is 0 Å². The highest BCUT2D eigenvalue weighted by Gasteiger charge is 2.19. The average Bonchev–Trinajstić information content (AvgIpc) is 3.45. The predicted octanol–water partition coefficient (Wildman–Crippen LogP) is 23.0. The maximum atomic E-state index is 12.9. The van der Waals surface area contributed by atoms with E-state index in [4.69, 9.17) is 14.2 Å². The molecule has 6 heteroatoms. The molecular formula is C73H124O6. The molecule has 0 aliphatic rings. The third-order valence-corrected chi connectivity index (χ3v) is 14.2. The highest BCUT2D eigenvalue weighted by atomic mass is 16.6. The molecule has 0 rings (SSSR count). The Hall–Kier alpha value is -3.93. The van der Waals surface area contributed by atoms with Gasteiger partial charge in [0.15, 0.2) is 6.10 Å². The van der Waals surface area contributed by atoms with E-state index in [9.17, 15) is 14.4 Å². The number of esters is 3. The van der Waals surface area contributed by atoms with Gasteiger partial charge >= 0.3 is 17.9 Å². The normalized spacial score (nSPS) is 12.8. The van der Waals surface area contributed by atoms with Gasteiger partial charge in [-0.2, -0.15) is 0 Å². The molecule has 0 N–H and O–H groups in total. The lowest BCUT2D eigenvalue weighted by Crippen LogP contribution is -2.30. The van der Waals surface area contributed by atoms with E-state index in [-0.39, 0.29) is 31.1 Å². The Balaban J connectivity index is 4.19. The molecule has 0 radical (unpaired) electrons. The molecular weight excluding hydrogens is 973 g/mol. The quantitative estimate of drug-likeness (QED) is 0.0261. The van der Waals surface area contributed by atoms with Crippen LogP contribution in [0.1, 0.15) is 316 Å². The zero-order valence-corrected chi connectivity index (χ0v) is 51.9. The first-order valence-electron chi connectivity index (χ1n) is 33.4. The number of rotatable bonds is 60. The summed E-state index contributed by atoms with van der Waals surface area (Å²) in [6.45, 7) is 6.46. The van der Waals surface area contributed by atoms with Crippen LogP contribution in [0.5, 0.6) is 0 Å². The summed E-state index contributed by atoms with van der Waals surface area (Å²) < 4.78 is 16.9. The van der Waals surface area contributed by atoms with Crippen LogP contribution in [-0.2, 0) is 28.6 Å². The van der Waals surface area contributed by atoms with E-state index in [0.29, 0.717) is 19.3 Å². The van der Waals surface area contributed by atoms with Gasteiger partial charge in [0.1, 0.15) is 13.2 Å². The van der Waals surface area contributed by atoms with E-state index >= 15 is 0 Å². The minimum Gasteiger partial charge on any atom is -0.462 e. The fourth-order valence-electron chi connectivity index (χ4n) is 9.24. The predicted molar refractivity (Wildman–Crippen MR) is 343 cm³/mol. The van der Waals surface area contributed by atoms with Crippen LogP contribution in [-0.4, -0.2) is 37.2 Å². The van der Waals surface area contributed by atoms with Crippen molar-refractivity contribution in [2.45, 2.75) is 322 Å². The minimum absolute atomic E-state index is 0.0846. The molecule has 1 atom stereocenters. The smallest absolute Gasteiger partial charge is 0.306 e. The lowest BCUT2D eigenvalue weighted by Gasteiger charge is -2.18. The Morgan fingerprint density at radius 1 is 0.266 bits per heavy atom. The van der Waals surface area contributed by atoms with Crippen LogP contribution in [0.15, 0.2) is 109 Å². The molecule has 0 aromatic rings. The third-order valence-electron chi connectivity index (χ3n) is 14.2. The Labute approximate surface area is 489 Å². The van der Waals surface area contributed by atoms with E-state index < -0.39 is 6.10 Å². The third kappa shape index (κ3) is 64.8. The fraction of sp³-hybridized carbons (Fsp3) is 0.712. The van der Waals surface area contributed by atoms with E-state index in [1.807, 2.05) is 0 Å². The van der Waals surface area contributed by atoms with Gasteiger partial charge in [-0.05, 0) is 122 Å². The van der Waals surface area contributed by atoms with Crippen molar-refractivity contribution >= 4 is 17.9 Å². The number of carbonyl (C=O) groups excluding carboxylic acids is 3. The van der Waals surface area contributed by atoms with Gasteiger partial charge in [0.2, 0.25) is 0 Å². The summed E-state index contributed by atoms with van der Waals surface area (Å²) in [5.41, 5.74) is 0. The second kappa shape index (κ2) is 66.6.